The molecule has 0 unspecified atom stereocenters. The molecular weight excluding hydrogens is 386 g/mol. The van der Waals surface area contributed by atoms with Crippen LogP contribution in [0.2, 0.25) is 0 Å². The van der Waals surface area contributed by atoms with Crippen LogP contribution in [0, 0.1) is 0 Å². The zero-order chi connectivity index (χ0) is 20.5. The van der Waals surface area contributed by atoms with E-state index in [1.54, 1.807) is 4.90 Å². The summed E-state index contributed by atoms with van der Waals surface area (Å²) in [5.74, 6) is -0.776. The molecule has 0 aliphatic heterocycles. The van der Waals surface area contributed by atoms with Crippen molar-refractivity contribution in [1.29, 1.82) is 0 Å². The zero-order valence-electron chi connectivity index (χ0n) is 16.3. The van der Waals surface area contributed by atoms with Crippen LogP contribution in [-0.4, -0.2) is 39.5 Å². The Kier molecular flexibility index (Phi) is 7.47. The molecular formula is C22H23N3O3S. The Morgan fingerprint density at radius 3 is 2.31 bits per heavy atom. The molecule has 1 amide bonds. The number of aromatic nitrogens is 2. The van der Waals surface area contributed by atoms with Crippen molar-refractivity contribution in [2.24, 2.45) is 0 Å². The van der Waals surface area contributed by atoms with E-state index in [2.05, 4.69) is 9.59 Å². The molecule has 1 heterocycles. The number of ether oxygens (including phenoxy) is 1. The molecule has 6 nitrogen and oxygen atoms in total. The maximum absolute atomic E-state index is 12.8. The molecule has 7 heteroatoms. The number of carbonyl (C=O) groups excluding carboxylic acids is 2. The van der Waals surface area contributed by atoms with Crippen LogP contribution in [0.4, 0.5) is 0 Å². The number of hydrogen-bond donors (Lipinski definition) is 0. The van der Waals surface area contributed by atoms with Crippen LogP contribution >= 0.6 is 11.5 Å². The molecule has 0 N–H and O–H groups in total. The average molecular weight is 410 g/mol. The van der Waals surface area contributed by atoms with Gasteiger partial charge in [0.25, 0.3) is 5.91 Å². The molecule has 1 aromatic heterocycles. The monoisotopic (exact) mass is 409 g/mol. The predicted octanol–water partition coefficient (Wildman–Crippen LogP) is 3.53. The van der Waals surface area contributed by atoms with E-state index in [4.69, 9.17) is 4.74 Å². The van der Waals surface area contributed by atoms with Gasteiger partial charge in [-0.25, -0.2) is 4.79 Å². The first-order valence-corrected chi connectivity index (χ1v) is 10.3. The van der Waals surface area contributed by atoms with Gasteiger partial charge in [-0.1, -0.05) is 72.1 Å². The van der Waals surface area contributed by atoms with E-state index in [1.807, 2.05) is 67.6 Å². The summed E-state index contributed by atoms with van der Waals surface area (Å²) in [4.78, 5) is 27.2. The molecule has 0 bridgehead atoms. The summed E-state index contributed by atoms with van der Waals surface area (Å²) >= 11 is 0.992. The lowest BCUT2D eigenvalue weighted by molar-refractivity contribution is -0.135. The summed E-state index contributed by atoms with van der Waals surface area (Å²) in [5.41, 5.74) is 2.77. The predicted molar refractivity (Wildman–Crippen MR) is 112 cm³/mol. The van der Waals surface area contributed by atoms with Crippen LogP contribution in [0.3, 0.4) is 0 Å². The molecule has 0 saturated carbocycles. The third kappa shape index (κ3) is 5.96. The fourth-order valence-corrected chi connectivity index (χ4v) is 3.53. The molecule has 2 aromatic carbocycles. The minimum atomic E-state index is -0.548. The second-order valence-corrected chi connectivity index (χ2v) is 7.27. The third-order valence-corrected chi connectivity index (χ3v) is 5.23. The van der Waals surface area contributed by atoms with Crippen molar-refractivity contribution in [2.75, 3.05) is 13.2 Å². The highest BCUT2D eigenvalue weighted by Gasteiger charge is 2.20. The van der Waals surface area contributed by atoms with Crippen LogP contribution in [0.1, 0.15) is 33.4 Å². The van der Waals surface area contributed by atoms with Crippen LogP contribution in [0.5, 0.6) is 0 Å². The summed E-state index contributed by atoms with van der Waals surface area (Å²) in [6.45, 7) is 2.59. The number of nitrogens with zero attached hydrogens (tertiary/aromatic N) is 3. The Bertz CT molecular complexity index is 929. The molecule has 0 aliphatic carbocycles. The zero-order valence-corrected chi connectivity index (χ0v) is 17.1. The van der Waals surface area contributed by atoms with Crippen molar-refractivity contribution in [1.82, 2.24) is 14.5 Å². The highest BCUT2D eigenvalue weighted by molar-refractivity contribution is 7.07. The SMILES string of the molecule is CCc1nnsc1C(=O)OCC(=O)N(CCc1ccccc1)Cc1ccccc1. The summed E-state index contributed by atoms with van der Waals surface area (Å²) in [5, 5.41) is 3.91. The first kappa shape index (κ1) is 20.7. The van der Waals surface area contributed by atoms with Crippen molar-refractivity contribution in [2.45, 2.75) is 26.3 Å². The molecule has 0 saturated heterocycles. The molecule has 3 rings (SSSR count). The van der Waals surface area contributed by atoms with E-state index in [0.717, 1.165) is 29.1 Å². The minimum absolute atomic E-state index is 0.228. The lowest BCUT2D eigenvalue weighted by atomic mass is 10.1. The van der Waals surface area contributed by atoms with Gasteiger partial charge in [0.05, 0.1) is 5.69 Å². The van der Waals surface area contributed by atoms with Crippen LogP contribution < -0.4 is 0 Å². The fraction of sp³-hybridized carbons (Fsp3) is 0.273. The number of amides is 1. The summed E-state index contributed by atoms with van der Waals surface area (Å²) < 4.78 is 9.05. The molecule has 29 heavy (non-hydrogen) atoms. The van der Waals surface area contributed by atoms with Crippen LogP contribution in [0.25, 0.3) is 0 Å². The Morgan fingerprint density at radius 2 is 1.66 bits per heavy atom. The summed E-state index contributed by atoms with van der Waals surface area (Å²) in [7, 11) is 0. The Balaban J connectivity index is 1.63. The number of benzene rings is 2. The van der Waals surface area contributed by atoms with Crippen molar-refractivity contribution >= 4 is 23.4 Å². The molecule has 0 atom stereocenters. The molecule has 0 spiro atoms. The fourth-order valence-electron chi connectivity index (χ4n) is 2.88. The molecule has 0 fully saturated rings. The van der Waals surface area contributed by atoms with Gasteiger partial charge < -0.3 is 9.64 Å². The standard InChI is InChI=1S/C22H23N3O3S/c1-2-19-21(29-24-23-19)22(27)28-16-20(26)25(15-18-11-7-4-8-12-18)14-13-17-9-5-3-6-10-17/h3-12H,2,13-16H2,1H3. The lowest BCUT2D eigenvalue weighted by Gasteiger charge is -2.23. The van der Waals surface area contributed by atoms with Crippen molar-refractivity contribution in [3.05, 3.63) is 82.4 Å². The largest absolute Gasteiger partial charge is 0.451 e. The van der Waals surface area contributed by atoms with Gasteiger partial charge in [0.1, 0.15) is 0 Å². The second kappa shape index (κ2) is 10.5. The van der Waals surface area contributed by atoms with Crippen LogP contribution in [-0.2, 0) is 28.9 Å². The molecule has 0 aliphatic rings. The normalized spacial score (nSPS) is 10.5. The van der Waals surface area contributed by atoms with E-state index in [9.17, 15) is 9.59 Å². The van der Waals surface area contributed by atoms with E-state index in [-0.39, 0.29) is 12.5 Å². The highest BCUT2D eigenvalue weighted by Crippen LogP contribution is 2.13. The van der Waals surface area contributed by atoms with Gasteiger partial charge in [0.15, 0.2) is 11.5 Å². The third-order valence-electron chi connectivity index (χ3n) is 4.48. The molecule has 0 radical (unpaired) electrons. The van der Waals surface area contributed by atoms with Gasteiger partial charge in [0.2, 0.25) is 0 Å². The van der Waals surface area contributed by atoms with Crippen molar-refractivity contribution in [3.8, 4) is 0 Å². The number of rotatable bonds is 9. The molecule has 3 aromatic rings. The maximum atomic E-state index is 12.8. The van der Waals surface area contributed by atoms with Crippen LogP contribution in [0.15, 0.2) is 60.7 Å². The summed E-state index contributed by atoms with van der Waals surface area (Å²) in [6, 6.07) is 19.8. The van der Waals surface area contributed by atoms with Gasteiger partial charge >= 0.3 is 5.97 Å². The lowest BCUT2D eigenvalue weighted by Crippen LogP contribution is -2.35. The van der Waals surface area contributed by atoms with Gasteiger partial charge in [-0.3, -0.25) is 4.79 Å². The van der Waals surface area contributed by atoms with E-state index in [0.29, 0.717) is 30.1 Å². The maximum Gasteiger partial charge on any atom is 0.352 e. The van der Waals surface area contributed by atoms with Gasteiger partial charge in [-0.15, -0.1) is 5.10 Å². The van der Waals surface area contributed by atoms with Gasteiger partial charge in [0, 0.05) is 13.1 Å². The molecule has 150 valence electrons. The number of carbonyl (C=O) groups is 2. The quantitative estimate of drug-likeness (QED) is 0.506. The van der Waals surface area contributed by atoms with E-state index < -0.39 is 5.97 Å². The van der Waals surface area contributed by atoms with E-state index >= 15 is 0 Å². The van der Waals surface area contributed by atoms with Crippen molar-refractivity contribution in [3.63, 3.8) is 0 Å². The second-order valence-electron chi connectivity index (χ2n) is 6.51. The number of aryl methyl sites for hydroxylation is 1. The number of hydrogen-bond acceptors (Lipinski definition) is 6. The van der Waals surface area contributed by atoms with Crippen molar-refractivity contribution < 1.29 is 14.3 Å². The minimum Gasteiger partial charge on any atom is -0.451 e. The first-order valence-electron chi connectivity index (χ1n) is 9.51. The summed E-state index contributed by atoms with van der Waals surface area (Å²) in [6.07, 6.45) is 1.32. The number of esters is 1. The highest BCUT2D eigenvalue weighted by atomic mass is 32.1. The Labute approximate surface area is 174 Å². The van der Waals surface area contributed by atoms with Gasteiger partial charge in [-0.05, 0) is 35.5 Å². The smallest absolute Gasteiger partial charge is 0.352 e. The Morgan fingerprint density at radius 1 is 1.00 bits per heavy atom. The van der Waals surface area contributed by atoms with Gasteiger partial charge in [-0.2, -0.15) is 0 Å². The average Bonchev–Trinajstić information content (AvgIpc) is 3.25. The Hall–Kier alpha value is -3.06. The topological polar surface area (TPSA) is 72.4 Å². The first-order chi connectivity index (χ1) is 14.2. The van der Waals surface area contributed by atoms with E-state index in [1.165, 1.54) is 0 Å².